The summed E-state index contributed by atoms with van der Waals surface area (Å²) in [6, 6.07) is 15.2. The summed E-state index contributed by atoms with van der Waals surface area (Å²) >= 11 is 0. The van der Waals surface area contributed by atoms with Gasteiger partial charge in [0, 0.05) is 23.6 Å². The van der Waals surface area contributed by atoms with E-state index in [-0.39, 0.29) is 5.78 Å². The first-order chi connectivity index (χ1) is 16.0. The minimum atomic E-state index is -0.623. The van der Waals surface area contributed by atoms with Crippen molar-refractivity contribution in [3.63, 3.8) is 0 Å². The molecule has 1 aliphatic carbocycles. The van der Waals surface area contributed by atoms with Crippen LogP contribution in [0.2, 0.25) is 0 Å². The van der Waals surface area contributed by atoms with Crippen LogP contribution in [0, 0.1) is 0 Å². The number of nitrogens with one attached hydrogen (secondary N) is 3. The van der Waals surface area contributed by atoms with E-state index < -0.39 is 17.2 Å². The molecular formula is C25H23N3O5. The Labute approximate surface area is 189 Å². The summed E-state index contributed by atoms with van der Waals surface area (Å²) in [5, 5.41) is 3.12. The molecule has 2 heterocycles. The highest BCUT2D eigenvalue weighted by atomic mass is 16.5. The number of benzene rings is 2. The molecule has 3 aromatic rings. The van der Waals surface area contributed by atoms with Gasteiger partial charge in [-0.2, -0.15) is 0 Å². The average molecular weight is 445 g/mol. The van der Waals surface area contributed by atoms with Crippen LogP contribution in [-0.2, 0) is 11.4 Å². The van der Waals surface area contributed by atoms with Gasteiger partial charge in [0.2, 0.25) is 0 Å². The molecule has 0 amide bonds. The molecule has 0 unspecified atom stereocenters. The summed E-state index contributed by atoms with van der Waals surface area (Å²) in [6.07, 6.45) is 1.81. The van der Waals surface area contributed by atoms with Crippen molar-refractivity contribution in [3.05, 3.63) is 97.3 Å². The Morgan fingerprint density at radius 2 is 1.79 bits per heavy atom. The molecule has 3 N–H and O–H groups in total. The highest BCUT2D eigenvalue weighted by molar-refractivity contribution is 6.00. The minimum Gasteiger partial charge on any atom is -0.493 e. The number of hydrogen-bond donors (Lipinski definition) is 3. The van der Waals surface area contributed by atoms with Gasteiger partial charge in [-0.1, -0.05) is 36.4 Å². The largest absolute Gasteiger partial charge is 0.493 e. The zero-order chi connectivity index (χ0) is 22.9. The second-order valence-electron chi connectivity index (χ2n) is 8.11. The maximum absolute atomic E-state index is 12.9. The van der Waals surface area contributed by atoms with Crippen molar-refractivity contribution in [2.24, 2.45) is 0 Å². The number of anilines is 1. The molecule has 2 aromatic carbocycles. The Morgan fingerprint density at radius 1 is 0.970 bits per heavy atom. The SMILES string of the molecule is COc1cc([C@H]2C3=C(CCCC3=O)Nc3[nH]c(=O)[nH]c(=O)c32)ccc1OCc1ccccc1. The topological polar surface area (TPSA) is 113 Å². The lowest BCUT2D eigenvalue weighted by Crippen LogP contribution is -2.36. The molecule has 168 valence electrons. The fraction of sp³-hybridized carbons (Fsp3) is 0.240. The molecule has 1 aliphatic heterocycles. The number of carbonyl (C=O) groups excluding carboxylic acids is 1. The normalized spacial score (nSPS) is 17.1. The van der Waals surface area contributed by atoms with Crippen molar-refractivity contribution < 1.29 is 14.3 Å². The van der Waals surface area contributed by atoms with Crippen LogP contribution in [0.25, 0.3) is 0 Å². The van der Waals surface area contributed by atoms with Gasteiger partial charge in [0.1, 0.15) is 12.4 Å². The summed E-state index contributed by atoms with van der Waals surface area (Å²) in [5.41, 5.74) is 2.22. The van der Waals surface area contributed by atoms with E-state index in [0.717, 1.165) is 17.7 Å². The molecule has 0 bridgehead atoms. The molecule has 33 heavy (non-hydrogen) atoms. The molecule has 0 fully saturated rings. The lowest BCUT2D eigenvalue weighted by molar-refractivity contribution is -0.116. The smallest absolute Gasteiger partial charge is 0.327 e. The standard InChI is InChI=1S/C25H23N3O5/c1-32-19-12-15(10-11-18(19)33-13-14-6-3-2-4-7-14)20-21-16(8-5-9-17(21)29)26-23-22(20)24(30)28-25(31)27-23/h2-4,6-7,10-12,20H,5,8-9,13H2,1H3,(H3,26,27,28,30,31)/t20-/m0/s1. The van der Waals surface area contributed by atoms with Gasteiger partial charge in [0.25, 0.3) is 5.56 Å². The van der Waals surface area contributed by atoms with E-state index in [1.807, 2.05) is 36.4 Å². The number of rotatable bonds is 5. The predicted molar refractivity (Wildman–Crippen MR) is 123 cm³/mol. The van der Waals surface area contributed by atoms with Gasteiger partial charge in [0.15, 0.2) is 17.3 Å². The second kappa shape index (κ2) is 8.46. The summed E-state index contributed by atoms with van der Waals surface area (Å²) in [6.45, 7) is 0.376. The van der Waals surface area contributed by atoms with Gasteiger partial charge in [-0.3, -0.25) is 19.6 Å². The van der Waals surface area contributed by atoms with Gasteiger partial charge >= 0.3 is 5.69 Å². The molecule has 0 saturated heterocycles. The maximum Gasteiger partial charge on any atom is 0.327 e. The zero-order valence-electron chi connectivity index (χ0n) is 18.1. The summed E-state index contributed by atoms with van der Waals surface area (Å²) < 4.78 is 11.5. The van der Waals surface area contributed by atoms with E-state index >= 15 is 0 Å². The first kappa shape index (κ1) is 20.8. The quantitative estimate of drug-likeness (QED) is 0.556. The van der Waals surface area contributed by atoms with Crippen molar-refractivity contribution in [2.45, 2.75) is 31.8 Å². The van der Waals surface area contributed by atoms with Gasteiger partial charge in [0.05, 0.1) is 12.7 Å². The molecular weight excluding hydrogens is 422 g/mol. The first-order valence-corrected chi connectivity index (χ1v) is 10.8. The van der Waals surface area contributed by atoms with Crippen molar-refractivity contribution in [1.82, 2.24) is 9.97 Å². The monoisotopic (exact) mass is 445 g/mol. The Kier molecular flexibility index (Phi) is 5.34. The zero-order valence-corrected chi connectivity index (χ0v) is 18.1. The third-order valence-corrected chi connectivity index (χ3v) is 6.05. The number of aromatic nitrogens is 2. The van der Waals surface area contributed by atoms with Gasteiger partial charge in [-0.15, -0.1) is 0 Å². The molecule has 1 aromatic heterocycles. The van der Waals surface area contributed by atoms with Crippen molar-refractivity contribution >= 4 is 11.6 Å². The molecule has 0 spiro atoms. The first-order valence-electron chi connectivity index (χ1n) is 10.8. The van der Waals surface area contributed by atoms with Crippen LogP contribution in [0.4, 0.5) is 5.82 Å². The Morgan fingerprint density at radius 3 is 2.58 bits per heavy atom. The van der Waals surface area contributed by atoms with Crippen molar-refractivity contribution in [3.8, 4) is 11.5 Å². The number of fused-ring (bicyclic) bond motifs is 1. The van der Waals surface area contributed by atoms with E-state index in [4.69, 9.17) is 9.47 Å². The van der Waals surface area contributed by atoms with E-state index in [2.05, 4.69) is 15.3 Å². The Bertz CT molecular complexity index is 1370. The third kappa shape index (κ3) is 3.84. The number of hydrogen-bond acceptors (Lipinski definition) is 6. The summed E-state index contributed by atoms with van der Waals surface area (Å²) in [4.78, 5) is 42.6. The van der Waals surface area contributed by atoms with Gasteiger partial charge < -0.3 is 14.8 Å². The average Bonchev–Trinajstić information content (AvgIpc) is 2.82. The van der Waals surface area contributed by atoms with Crippen LogP contribution in [0.15, 0.2) is 69.4 Å². The number of Topliss-reactive ketones (excluding diaryl/α,β-unsaturated/α-hetero) is 1. The predicted octanol–water partition coefficient (Wildman–Crippen LogP) is 3.22. The highest BCUT2D eigenvalue weighted by Crippen LogP contribution is 2.44. The number of methoxy groups -OCH3 is 1. The third-order valence-electron chi connectivity index (χ3n) is 6.05. The molecule has 8 heteroatoms. The molecule has 2 aliphatic rings. The second-order valence-corrected chi connectivity index (χ2v) is 8.11. The number of carbonyl (C=O) groups is 1. The number of ketones is 1. The van der Waals surface area contributed by atoms with Gasteiger partial charge in [-0.25, -0.2) is 4.79 Å². The number of ether oxygens (including phenoxy) is 2. The van der Waals surface area contributed by atoms with Crippen LogP contribution in [0.3, 0.4) is 0 Å². The van der Waals surface area contributed by atoms with Crippen LogP contribution in [0.1, 0.15) is 41.9 Å². The van der Waals surface area contributed by atoms with Gasteiger partial charge in [-0.05, 0) is 36.1 Å². The van der Waals surface area contributed by atoms with Crippen molar-refractivity contribution in [2.75, 3.05) is 12.4 Å². The Hall–Kier alpha value is -4.07. The summed E-state index contributed by atoms with van der Waals surface area (Å²) in [5.74, 6) is 0.745. The van der Waals surface area contributed by atoms with E-state index in [9.17, 15) is 14.4 Å². The van der Waals surface area contributed by atoms with E-state index in [1.54, 1.807) is 19.2 Å². The molecule has 5 rings (SSSR count). The minimum absolute atomic E-state index is 0.00614. The molecule has 0 radical (unpaired) electrons. The van der Waals surface area contributed by atoms with Crippen LogP contribution >= 0.6 is 0 Å². The van der Waals surface area contributed by atoms with Crippen LogP contribution in [0.5, 0.6) is 11.5 Å². The molecule has 8 nitrogen and oxygen atoms in total. The number of allylic oxidation sites excluding steroid dienone is 2. The maximum atomic E-state index is 12.9. The van der Waals surface area contributed by atoms with Crippen LogP contribution < -0.4 is 26.0 Å². The number of H-pyrrole nitrogens is 2. The molecule has 1 atom stereocenters. The lowest BCUT2D eigenvalue weighted by Gasteiger charge is -2.33. The van der Waals surface area contributed by atoms with Crippen molar-refractivity contribution in [1.29, 1.82) is 0 Å². The van der Waals surface area contributed by atoms with E-state index in [0.29, 0.717) is 53.5 Å². The fourth-order valence-electron chi connectivity index (χ4n) is 4.55. The summed E-state index contributed by atoms with van der Waals surface area (Å²) in [7, 11) is 1.55. The highest BCUT2D eigenvalue weighted by Gasteiger charge is 2.37. The molecule has 0 saturated carbocycles. The lowest BCUT2D eigenvalue weighted by atomic mass is 9.76. The van der Waals surface area contributed by atoms with E-state index in [1.165, 1.54) is 0 Å². The fourth-order valence-corrected chi connectivity index (χ4v) is 4.55. The Balaban J connectivity index is 1.58. The van der Waals surface area contributed by atoms with Crippen LogP contribution in [-0.4, -0.2) is 22.9 Å². The number of aromatic amines is 2.